The number of carbonyl (C=O) groups excluding carboxylic acids is 1. The fourth-order valence-electron chi connectivity index (χ4n) is 2.47. The fraction of sp³-hybridized carbons (Fsp3) is 0.150. The Labute approximate surface area is 150 Å². The topological polar surface area (TPSA) is 80.9 Å². The lowest BCUT2D eigenvalue weighted by Crippen LogP contribution is -2.02. The van der Waals surface area contributed by atoms with E-state index in [0.717, 1.165) is 16.9 Å². The summed E-state index contributed by atoms with van der Waals surface area (Å²) in [5.41, 5.74) is 1.99. The Morgan fingerprint density at radius 3 is 2.15 bits per heavy atom. The van der Waals surface area contributed by atoms with E-state index in [0.29, 0.717) is 5.75 Å². The average Bonchev–Trinajstić information content (AvgIpc) is 2.85. The van der Waals surface area contributed by atoms with Crippen molar-refractivity contribution in [2.45, 2.75) is 20.4 Å². The fourth-order valence-corrected chi connectivity index (χ4v) is 2.47. The molecule has 3 aromatic rings. The minimum atomic E-state index is -0.574. The molecule has 0 fully saturated rings. The number of carbonyl (C=O) groups is 1. The summed E-state index contributed by atoms with van der Waals surface area (Å²) in [6.45, 7) is 3.45. The van der Waals surface area contributed by atoms with Gasteiger partial charge in [-0.2, -0.15) is 0 Å². The first-order chi connectivity index (χ1) is 12.4. The second-order valence-corrected chi connectivity index (χ2v) is 5.93. The van der Waals surface area contributed by atoms with Crippen LogP contribution in [0.5, 0.6) is 29.0 Å². The van der Waals surface area contributed by atoms with Crippen LogP contribution in [0.3, 0.4) is 0 Å². The predicted molar refractivity (Wildman–Crippen MR) is 95.9 cm³/mol. The van der Waals surface area contributed by atoms with Crippen molar-refractivity contribution in [1.29, 1.82) is 0 Å². The third kappa shape index (κ3) is 3.97. The van der Waals surface area contributed by atoms with Crippen LogP contribution < -0.4 is 9.47 Å². The van der Waals surface area contributed by atoms with Crippen LogP contribution in [0.25, 0.3) is 0 Å². The van der Waals surface area contributed by atoms with Crippen LogP contribution in [-0.2, 0) is 11.3 Å². The molecule has 0 spiro atoms. The van der Waals surface area contributed by atoms with E-state index in [2.05, 4.69) is 0 Å². The first-order valence-electron chi connectivity index (χ1n) is 8.05. The van der Waals surface area contributed by atoms with Gasteiger partial charge in [-0.1, -0.05) is 29.8 Å². The third-order valence-corrected chi connectivity index (χ3v) is 3.79. The summed E-state index contributed by atoms with van der Waals surface area (Å²) in [5, 5.41) is 20.0. The number of aromatic nitrogens is 1. The number of hydrogen-bond acceptors (Lipinski definition) is 5. The molecular formula is C20H19NO5. The second kappa shape index (κ2) is 7.23. The molecule has 3 rings (SSSR count). The maximum atomic E-state index is 11.0. The molecule has 0 unspecified atom stereocenters. The highest BCUT2D eigenvalue weighted by Gasteiger charge is 2.17. The highest BCUT2D eigenvalue weighted by Crippen LogP contribution is 2.35. The van der Waals surface area contributed by atoms with Gasteiger partial charge in [-0.05, 0) is 36.8 Å². The molecule has 6 nitrogen and oxygen atoms in total. The number of esters is 1. The standard InChI is InChI=1S/C20H19NO5/c1-13-3-7-16(8-4-13)26-17-9-5-15(6-10-17)12-21-19(23)11-18(20(21)24)25-14(2)22/h3-11,23-24H,12H2,1-2H3. The van der Waals surface area contributed by atoms with Crippen LogP contribution in [0.2, 0.25) is 0 Å². The molecular weight excluding hydrogens is 334 g/mol. The zero-order valence-corrected chi connectivity index (χ0v) is 14.5. The van der Waals surface area contributed by atoms with Gasteiger partial charge in [0.25, 0.3) is 0 Å². The van der Waals surface area contributed by atoms with E-state index in [1.807, 2.05) is 43.3 Å². The van der Waals surface area contributed by atoms with Crippen LogP contribution in [-0.4, -0.2) is 20.7 Å². The van der Waals surface area contributed by atoms with Gasteiger partial charge in [-0.3, -0.25) is 9.36 Å². The summed E-state index contributed by atoms with van der Waals surface area (Å²) in [6.07, 6.45) is 0. The van der Waals surface area contributed by atoms with Crippen molar-refractivity contribution in [1.82, 2.24) is 4.57 Å². The largest absolute Gasteiger partial charge is 0.494 e. The number of ether oxygens (including phenoxy) is 2. The van der Waals surface area contributed by atoms with Crippen molar-refractivity contribution in [2.24, 2.45) is 0 Å². The number of hydrogen-bond donors (Lipinski definition) is 2. The molecule has 2 aromatic carbocycles. The van der Waals surface area contributed by atoms with Crippen molar-refractivity contribution in [3.05, 3.63) is 65.7 Å². The smallest absolute Gasteiger partial charge is 0.308 e. The number of benzene rings is 2. The lowest BCUT2D eigenvalue weighted by molar-refractivity contribution is -0.132. The Hall–Kier alpha value is -3.41. The van der Waals surface area contributed by atoms with E-state index in [1.54, 1.807) is 12.1 Å². The van der Waals surface area contributed by atoms with Gasteiger partial charge < -0.3 is 19.7 Å². The Morgan fingerprint density at radius 2 is 1.58 bits per heavy atom. The van der Waals surface area contributed by atoms with Crippen molar-refractivity contribution in [2.75, 3.05) is 0 Å². The second-order valence-electron chi connectivity index (χ2n) is 5.93. The summed E-state index contributed by atoms with van der Waals surface area (Å²) in [4.78, 5) is 11.0. The molecule has 0 saturated carbocycles. The first-order valence-corrected chi connectivity index (χ1v) is 8.05. The van der Waals surface area contributed by atoms with Crippen LogP contribution in [0.4, 0.5) is 0 Å². The van der Waals surface area contributed by atoms with Gasteiger partial charge in [-0.15, -0.1) is 0 Å². The normalized spacial score (nSPS) is 10.5. The number of aryl methyl sites for hydroxylation is 1. The van der Waals surface area contributed by atoms with Gasteiger partial charge in [0.2, 0.25) is 5.88 Å². The van der Waals surface area contributed by atoms with E-state index in [4.69, 9.17) is 9.47 Å². The van der Waals surface area contributed by atoms with Crippen LogP contribution in [0.1, 0.15) is 18.1 Å². The molecule has 0 aliphatic carbocycles. The number of aromatic hydroxyl groups is 2. The third-order valence-electron chi connectivity index (χ3n) is 3.79. The van der Waals surface area contributed by atoms with E-state index < -0.39 is 5.97 Å². The minimum Gasteiger partial charge on any atom is -0.494 e. The summed E-state index contributed by atoms with van der Waals surface area (Å²) in [6, 6.07) is 16.2. The van der Waals surface area contributed by atoms with Gasteiger partial charge in [0, 0.05) is 13.0 Å². The van der Waals surface area contributed by atoms with Gasteiger partial charge in [0.05, 0.1) is 6.54 Å². The van der Waals surface area contributed by atoms with Crippen molar-refractivity contribution in [3.8, 4) is 29.0 Å². The Kier molecular flexibility index (Phi) is 4.84. The highest BCUT2D eigenvalue weighted by atomic mass is 16.5. The average molecular weight is 353 g/mol. The summed E-state index contributed by atoms with van der Waals surface area (Å²) >= 11 is 0. The molecule has 1 aromatic heterocycles. The lowest BCUT2D eigenvalue weighted by Gasteiger charge is -2.09. The van der Waals surface area contributed by atoms with Gasteiger partial charge in [0.15, 0.2) is 11.6 Å². The molecule has 0 radical (unpaired) electrons. The van der Waals surface area contributed by atoms with Crippen LogP contribution >= 0.6 is 0 Å². The maximum Gasteiger partial charge on any atom is 0.308 e. The van der Waals surface area contributed by atoms with E-state index in [9.17, 15) is 15.0 Å². The van der Waals surface area contributed by atoms with E-state index >= 15 is 0 Å². The molecule has 2 N–H and O–H groups in total. The van der Waals surface area contributed by atoms with E-state index in [1.165, 1.54) is 17.6 Å². The van der Waals surface area contributed by atoms with Gasteiger partial charge in [0.1, 0.15) is 11.5 Å². The summed E-state index contributed by atoms with van der Waals surface area (Å²) in [5.74, 6) is 0.273. The summed E-state index contributed by atoms with van der Waals surface area (Å²) in [7, 11) is 0. The highest BCUT2D eigenvalue weighted by molar-refractivity contribution is 5.70. The maximum absolute atomic E-state index is 11.0. The van der Waals surface area contributed by atoms with Crippen molar-refractivity contribution in [3.63, 3.8) is 0 Å². The lowest BCUT2D eigenvalue weighted by atomic mass is 10.2. The molecule has 6 heteroatoms. The van der Waals surface area contributed by atoms with Crippen LogP contribution in [0.15, 0.2) is 54.6 Å². The number of rotatable bonds is 5. The molecule has 134 valence electrons. The monoisotopic (exact) mass is 353 g/mol. The molecule has 0 aliphatic heterocycles. The SMILES string of the molecule is CC(=O)Oc1cc(O)n(Cc2ccc(Oc3ccc(C)cc3)cc2)c1O. The molecule has 26 heavy (non-hydrogen) atoms. The minimum absolute atomic E-state index is 0.0747. The molecule has 0 atom stereocenters. The Bertz CT molecular complexity index is 911. The molecule has 0 bridgehead atoms. The quantitative estimate of drug-likeness (QED) is 0.678. The zero-order chi connectivity index (χ0) is 18.7. The molecule has 0 aliphatic rings. The first kappa shape index (κ1) is 17.4. The van der Waals surface area contributed by atoms with Crippen LogP contribution in [0, 0.1) is 6.92 Å². The van der Waals surface area contributed by atoms with Crippen molar-refractivity contribution < 1.29 is 24.5 Å². The van der Waals surface area contributed by atoms with Crippen molar-refractivity contribution >= 4 is 5.97 Å². The molecule has 0 amide bonds. The molecule has 0 saturated heterocycles. The Balaban J connectivity index is 1.72. The van der Waals surface area contributed by atoms with Gasteiger partial charge >= 0.3 is 5.97 Å². The Morgan fingerprint density at radius 1 is 1.00 bits per heavy atom. The zero-order valence-electron chi connectivity index (χ0n) is 14.5. The summed E-state index contributed by atoms with van der Waals surface area (Å²) < 4.78 is 11.9. The predicted octanol–water partition coefficient (Wildman–Crippen LogP) is 3.97. The molecule has 1 heterocycles. The van der Waals surface area contributed by atoms with E-state index in [-0.39, 0.29) is 24.1 Å². The number of nitrogens with zero attached hydrogens (tertiary/aromatic N) is 1. The van der Waals surface area contributed by atoms with Gasteiger partial charge in [-0.25, -0.2) is 0 Å².